The number of benzene rings is 2. The van der Waals surface area contributed by atoms with Crippen LogP contribution in [0.15, 0.2) is 54.6 Å². The molecule has 0 atom stereocenters. The van der Waals surface area contributed by atoms with Crippen LogP contribution in [0.25, 0.3) is 0 Å². The molecule has 0 saturated heterocycles. The summed E-state index contributed by atoms with van der Waals surface area (Å²) in [6.45, 7) is 4.05. The normalized spacial score (nSPS) is 11.2. The van der Waals surface area contributed by atoms with Gasteiger partial charge in [0, 0.05) is 19.2 Å². The molecule has 2 aromatic carbocycles. The van der Waals surface area contributed by atoms with Gasteiger partial charge in [-0.15, -0.1) is 0 Å². The Bertz CT molecular complexity index is 622. The minimum atomic E-state index is -0.638. The molecule has 2 aromatic rings. The SMILES string of the molecule is CN(Cc1ccccc1F)C(=O)C(C)(C)c1ccccc1. The van der Waals surface area contributed by atoms with Crippen molar-refractivity contribution in [1.29, 1.82) is 0 Å². The van der Waals surface area contributed by atoms with E-state index < -0.39 is 5.41 Å². The second-order valence-electron chi connectivity index (χ2n) is 5.74. The third-order valence-electron chi connectivity index (χ3n) is 3.74. The van der Waals surface area contributed by atoms with E-state index in [0.29, 0.717) is 5.56 Å². The van der Waals surface area contributed by atoms with Crippen LogP contribution in [-0.2, 0) is 16.8 Å². The summed E-state index contributed by atoms with van der Waals surface area (Å²) >= 11 is 0. The molecule has 0 aromatic heterocycles. The molecule has 0 unspecified atom stereocenters. The van der Waals surface area contributed by atoms with E-state index >= 15 is 0 Å². The van der Waals surface area contributed by atoms with Gasteiger partial charge in [-0.3, -0.25) is 4.79 Å². The van der Waals surface area contributed by atoms with Gasteiger partial charge in [0.1, 0.15) is 5.82 Å². The maximum Gasteiger partial charge on any atom is 0.232 e. The van der Waals surface area contributed by atoms with Crippen molar-refractivity contribution in [3.8, 4) is 0 Å². The highest BCUT2D eigenvalue weighted by Crippen LogP contribution is 2.26. The lowest BCUT2D eigenvalue weighted by Gasteiger charge is -2.30. The van der Waals surface area contributed by atoms with Crippen LogP contribution in [0.2, 0.25) is 0 Å². The Morgan fingerprint density at radius 1 is 1.05 bits per heavy atom. The minimum Gasteiger partial charge on any atom is -0.341 e. The predicted octanol–water partition coefficient (Wildman–Crippen LogP) is 3.76. The van der Waals surface area contributed by atoms with E-state index in [1.54, 1.807) is 30.1 Å². The second kappa shape index (κ2) is 6.08. The lowest BCUT2D eigenvalue weighted by atomic mass is 9.83. The number of likely N-dealkylation sites (N-methyl/N-ethyl adjacent to an activating group) is 1. The molecule has 3 heteroatoms. The molecule has 21 heavy (non-hydrogen) atoms. The van der Waals surface area contributed by atoms with Gasteiger partial charge in [0.05, 0.1) is 5.41 Å². The number of hydrogen-bond acceptors (Lipinski definition) is 1. The summed E-state index contributed by atoms with van der Waals surface area (Å²) in [4.78, 5) is 14.3. The van der Waals surface area contributed by atoms with E-state index in [1.807, 2.05) is 44.2 Å². The number of nitrogens with zero attached hydrogens (tertiary/aromatic N) is 1. The molecule has 0 bridgehead atoms. The van der Waals surface area contributed by atoms with Gasteiger partial charge in [0.25, 0.3) is 0 Å². The van der Waals surface area contributed by atoms with Crippen LogP contribution in [0.3, 0.4) is 0 Å². The Labute approximate surface area is 125 Å². The second-order valence-corrected chi connectivity index (χ2v) is 5.74. The molecule has 0 saturated carbocycles. The van der Waals surface area contributed by atoms with Crippen LogP contribution >= 0.6 is 0 Å². The maximum atomic E-state index is 13.7. The molecule has 1 amide bonds. The van der Waals surface area contributed by atoms with E-state index in [1.165, 1.54) is 6.07 Å². The molecule has 2 nitrogen and oxygen atoms in total. The van der Waals surface area contributed by atoms with E-state index in [9.17, 15) is 9.18 Å². The molecule has 0 aliphatic carbocycles. The first-order chi connectivity index (χ1) is 9.93. The van der Waals surface area contributed by atoms with Gasteiger partial charge < -0.3 is 4.90 Å². The maximum absolute atomic E-state index is 13.7. The highest BCUT2D eigenvalue weighted by molar-refractivity contribution is 5.87. The molecular weight excluding hydrogens is 265 g/mol. The highest BCUT2D eigenvalue weighted by atomic mass is 19.1. The number of carbonyl (C=O) groups excluding carboxylic acids is 1. The summed E-state index contributed by atoms with van der Waals surface area (Å²) in [6, 6.07) is 16.2. The fraction of sp³-hybridized carbons (Fsp3) is 0.278. The number of hydrogen-bond donors (Lipinski definition) is 0. The van der Waals surface area contributed by atoms with E-state index in [-0.39, 0.29) is 18.3 Å². The Hall–Kier alpha value is -2.16. The van der Waals surface area contributed by atoms with Crippen molar-refractivity contribution < 1.29 is 9.18 Å². The average Bonchev–Trinajstić information content (AvgIpc) is 2.49. The summed E-state index contributed by atoms with van der Waals surface area (Å²) in [5.41, 5.74) is 0.842. The molecule has 0 N–H and O–H groups in total. The van der Waals surface area contributed by atoms with Crippen LogP contribution in [0.4, 0.5) is 4.39 Å². The van der Waals surface area contributed by atoms with Gasteiger partial charge in [-0.2, -0.15) is 0 Å². The first kappa shape index (κ1) is 15.2. The number of rotatable bonds is 4. The Morgan fingerprint density at radius 3 is 2.24 bits per heavy atom. The van der Waals surface area contributed by atoms with Crippen LogP contribution in [0.5, 0.6) is 0 Å². The zero-order valence-electron chi connectivity index (χ0n) is 12.6. The first-order valence-electron chi connectivity index (χ1n) is 6.97. The van der Waals surface area contributed by atoms with E-state index in [0.717, 1.165) is 5.56 Å². The monoisotopic (exact) mass is 285 g/mol. The summed E-state index contributed by atoms with van der Waals surface area (Å²) in [7, 11) is 1.71. The van der Waals surface area contributed by atoms with Crippen molar-refractivity contribution in [2.45, 2.75) is 25.8 Å². The summed E-state index contributed by atoms with van der Waals surface area (Å²) < 4.78 is 13.7. The van der Waals surface area contributed by atoms with Crippen molar-refractivity contribution >= 4 is 5.91 Å². The topological polar surface area (TPSA) is 20.3 Å². The fourth-order valence-electron chi connectivity index (χ4n) is 2.41. The lowest BCUT2D eigenvalue weighted by Crippen LogP contribution is -2.41. The molecule has 0 aliphatic rings. The van der Waals surface area contributed by atoms with Crippen molar-refractivity contribution in [3.05, 3.63) is 71.5 Å². The van der Waals surface area contributed by atoms with Gasteiger partial charge in [-0.1, -0.05) is 48.5 Å². The molecule has 110 valence electrons. The minimum absolute atomic E-state index is 0.0306. The summed E-state index contributed by atoms with van der Waals surface area (Å²) in [5, 5.41) is 0. The molecule has 0 heterocycles. The Kier molecular flexibility index (Phi) is 4.41. The average molecular weight is 285 g/mol. The van der Waals surface area contributed by atoms with Gasteiger partial charge in [0.15, 0.2) is 0 Å². The molecule has 0 spiro atoms. The van der Waals surface area contributed by atoms with Crippen molar-refractivity contribution in [1.82, 2.24) is 4.90 Å². The quantitative estimate of drug-likeness (QED) is 0.837. The summed E-state index contributed by atoms with van der Waals surface area (Å²) in [6.07, 6.45) is 0. The van der Waals surface area contributed by atoms with Crippen molar-refractivity contribution in [2.24, 2.45) is 0 Å². The Balaban J connectivity index is 2.18. The molecule has 2 rings (SSSR count). The molecule has 0 aliphatic heterocycles. The number of carbonyl (C=O) groups is 1. The number of halogens is 1. The molecular formula is C18H20FNO. The van der Waals surface area contributed by atoms with Gasteiger partial charge in [-0.05, 0) is 25.5 Å². The standard InChI is InChI=1S/C18H20FNO/c1-18(2,15-10-5-4-6-11-15)17(21)20(3)13-14-9-7-8-12-16(14)19/h4-12H,13H2,1-3H3. The zero-order valence-corrected chi connectivity index (χ0v) is 12.6. The van der Waals surface area contributed by atoms with Crippen LogP contribution in [0.1, 0.15) is 25.0 Å². The third kappa shape index (κ3) is 3.30. The van der Waals surface area contributed by atoms with Crippen LogP contribution < -0.4 is 0 Å². The highest BCUT2D eigenvalue weighted by Gasteiger charge is 2.32. The van der Waals surface area contributed by atoms with Crippen molar-refractivity contribution in [2.75, 3.05) is 7.05 Å². The van der Waals surface area contributed by atoms with Crippen LogP contribution in [-0.4, -0.2) is 17.9 Å². The first-order valence-corrected chi connectivity index (χ1v) is 6.97. The largest absolute Gasteiger partial charge is 0.341 e. The summed E-state index contributed by atoms with van der Waals surface area (Å²) in [5.74, 6) is -0.313. The van der Waals surface area contributed by atoms with E-state index in [4.69, 9.17) is 0 Å². The van der Waals surface area contributed by atoms with Crippen molar-refractivity contribution in [3.63, 3.8) is 0 Å². The van der Waals surface area contributed by atoms with Gasteiger partial charge >= 0.3 is 0 Å². The predicted molar refractivity (Wildman–Crippen MR) is 82.3 cm³/mol. The lowest BCUT2D eigenvalue weighted by molar-refractivity contribution is -0.135. The number of amides is 1. The van der Waals surface area contributed by atoms with Gasteiger partial charge in [-0.25, -0.2) is 4.39 Å². The van der Waals surface area contributed by atoms with E-state index in [2.05, 4.69) is 0 Å². The fourth-order valence-corrected chi connectivity index (χ4v) is 2.41. The Morgan fingerprint density at radius 2 is 1.62 bits per heavy atom. The molecule has 0 radical (unpaired) electrons. The molecule has 0 fully saturated rings. The third-order valence-corrected chi connectivity index (χ3v) is 3.74. The zero-order chi connectivity index (χ0) is 15.5. The van der Waals surface area contributed by atoms with Gasteiger partial charge in [0.2, 0.25) is 5.91 Å². The van der Waals surface area contributed by atoms with Crippen LogP contribution in [0, 0.1) is 5.82 Å². The smallest absolute Gasteiger partial charge is 0.232 e.